The fourth-order valence-corrected chi connectivity index (χ4v) is 2.90. The van der Waals surface area contributed by atoms with Crippen LogP contribution in [0.3, 0.4) is 0 Å². The van der Waals surface area contributed by atoms with E-state index in [1.165, 1.54) is 19.2 Å². The second-order valence-electron chi connectivity index (χ2n) is 5.70. The number of benzene rings is 2. The lowest BCUT2D eigenvalue weighted by molar-refractivity contribution is -0.386. The van der Waals surface area contributed by atoms with E-state index in [-0.39, 0.29) is 29.0 Å². The van der Waals surface area contributed by atoms with Gasteiger partial charge in [-0.1, -0.05) is 29.0 Å². The van der Waals surface area contributed by atoms with Gasteiger partial charge in [0, 0.05) is 5.69 Å². The Morgan fingerprint density at radius 2 is 1.96 bits per heavy atom. The molecule has 1 amide bonds. The van der Waals surface area contributed by atoms with E-state index < -0.39 is 4.92 Å². The number of nitrogens with one attached hydrogen (secondary N) is 1. The maximum Gasteiger partial charge on any atom is 0.314 e. The molecule has 9 nitrogen and oxygen atoms in total. The zero-order valence-corrected chi connectivity index (χ0v) is 15.9. The van der Waals surface area contributed by atoms with E-state index in [0.29, 0.717) is 16.4 Å². The van der Waals surface area contributed by atoms with Gasteiger partial charge in [-0.2, -0.15) is 0 Å². The molecule has 0 bridgehead atoms. The number of hydrogen-bond acceptors (Lipinski definition) is 8. The number of amides is 1. The van der Waals surface area contributed by atoms with Crippen molar-refractivity contribution in [3.8, 4) is 11.5 Å². The van der Waals surface area contributed by atoms with E-state index in [9.17, 15) is 14.9 Å². The number of methoxy groups -OCH3 is 1. The van der Waals surface area contributed by atoms with Gasteiger partial charge in [0.1, 0.15) is 12.4 Å². The van der Waals surface area contributed by atoms with E-state index in [2.05, 4.69) is 15.5 Å². The van der Waals surface area contributed by atoms with Gasteiger partial charge in [-0.25, -0.2) is 0 Å². The van der Waals surface area contributed by atoms with Gasteiger partial charge in [0.15, 0.2) is 10.8 Å². The minimum Gasteiger partial charge on any atom is -0.496 e. The van der Waals surface area contributed by atoms with Crippen LogP contribution < -0.4 is 14.8 Å². The molecule has 0 aliphatic rings. The second kappa shape index (κ2) is 8.44. The van der Waals surface area contributed by atoms with Gasteiger partial charge in [-0.3, -0.25) is 14.9 Å². The highest BCUT2D eigenvalue weighted by atomic mass is 32.1. The molecule has 0 fully saturated rings. The summed E-state index contributed by atoms with van der Waals surface area (Å²) in [6.45, 7) is 1.90. The van der Waals surface area contributed by atoms with Crippen LogP contribution >= 0.6 is 11.3 Å². The van der Waals surface area contributed by atoms with Crippen LogP contribution in [0.25, 0.3) is 0 Å². The Bertz CT molecular complexity index is 1000. The van der Waals surface area contributed by atoms with Crippen LogP contribution in [0.2, 0.25) is 0 Å². The number of carbonyl (C=O) groups is 1. The first kappa shape index (κ1) is 19.2. The molecule has 144 valence electrons. The molecule has 0 saturated carbocycles. The summed E-state index contributed by atoms with van der Waals surface area (Å²) in [6.07, 6.45) is 0. The molecule has 1 N–H and O–H groups in total. The summed E-state index contributed by atoms with van der Waals surface area (Å²) in [5, 5.41) is 22.3. The Labute approximate surface area is 164 Å². The molecule has 0 unspecified atom stereocenters. The van der Waals surface area contributed by atoms with Crippen molar-refractivity contribution in [2.24, 2.45) is 0 Å². The zero-order chi connectivity index (χ0) is 20.1. The zero-order valence-electron chi connectivity index (χ0n) is 15.0. The number of nitro groups is 1. The Morgan fingerprint density at radius 3 is 2.64 bits per heavy atom. The third-order valence-corrected chi connectivity index (χ3v) is 4.58. The number of nitrogens with zero attached hydrogens (tertiary/aromatic N) is 3. The molecule has 0 atom stereocenters. The molecular weight excluding hydrogens is 384 g/mol. The predicted molar refractivity (Wildman–Crippen MR) is 103 cm³/mol. The highest BCUT2D eigenvalue weighted by Crippen LogP contribution is 2.31. The van der Waals surface area contributed by atoms with Crippen LogP contribution in [0.1, 0.15) is 20.4 Å². The molecule has 3 aromatic rings. The maximum atomic E-state index is 12.3. The lowest BCUT2D eigenvalue weighted by Gasteiger charge is -2.06. The normalized spacial score (nSPS) is 10.4. The Hall–Kier alpha value is -3.53. The Balaban J connectivity index is 1.65. The fraction of sp³-hybridized carbons (Fsp3) is 0.167. The van der Waals surface area contributed by atoms with Gasteiger partial charge >= 0.3 is 5.69 Å². The number of carbonyl (C=O) groups excluding carboxylic acids is 1. The number of rotatable bonds is 7. The number of aromatic nitrogens is 2. The molecule has 2 aromatic carbocycles. The Kier molecular flexibility index (Phi) is 5.80. The van der Waals surface area contributed by atoms with Crippen molar-refractivity contribution in [1.29, 1.82) is 0 Å². The highest BCUT2D eigenvalue weighted by molar-refractivity contribution is 7.13. The van der Waals surface area contributed by atoms with Crippen LogP contribution in [0.5, 0.6) is 11.5 Å². The number of ether oxygens (including phenoxy) is 2. The third-order valence-electron chi connectivity index (χ3n) is 3.68. The van der Waals surface area contributed by atoms with E-state index >= 15 is 0 Å². The SMILES string of the molecule is COc1ccc(OCc2nnc(C(=O)Nc3ccc(C)cc3)s2)c([N+](=O)[O-])c1. The molecule has 0 radical (unpaired) electrons. The molecule has 1 aromatic heterocycles. The summed E-state index contributed by atoms with van der Waals surface area (Å²) in [6, 6.07) is 11.6. The van der Waals surface area contributed by atoms with E-state index in [1.54, 1.807) is 18.2 Å². The minimum absolute atomic E-state index is 0.0529. The van der Waals surface area contributed by atoms with Crippen molar-refractivity contribution in [2.45, 2.75) is 13.5 Å². The first-order valence-electron chi connectivity index (χ1n) is 8.12. The third kappa shape index (κ3) is 4.60. The van der Waals surface area contributed by atoms with Gasteiger partial charge in [0.25, 0.3) is 5.91 Å². The lowest BCUT2D eigenvalue weighted by atomic mass is 10.2. The second-order valence-corrected chi connectivity index (χ2v) is 6.76. The largest absolute Gasteiger partial charge is 0.496 e. The quantitative estimate of drug-likeness (QED) is 0.476. The fourth-order valence-electron chi connectivity index (χ4n) is 2.25. The van der Waals surface area contributed by atoms with Crippen molar-refractivity contribution in [2.75, 3.05) is 12.4 Å². The molecule has 28 heavy (non-hydrogen) atoms. The Morgan fingerprint density at radius 1 is 1.21 bits per heavy atom. The predicted octanol–water partition coefficient (Wildman–Crippen LogP) is 3.59. The monoisotopic (exact) mass is 400 g/mol. The molecule has 1 heterocycles. The van der Waals surface area contributed by atoms with Crippen LogP contribution in [-0.4, -0.2) is 28.1 Å². The standard InChI is InChI=1S/C18H16N4O5S/c1-11-3-5-12(6-4-11)19-17(23)18-21-20-16(28-18)10-27-15-8-7-13(26-2)9-14(15)22(24)25/h3-9H,10H2,1-2H3,(H,19,23). The summed E-state index contributed by atoms with van der Waals surface area (Å²) in [4.78, 5) is 22.9. The number of nitro benzene ring substituents is 1. The van der Waals surface area contributed by atoms with Gasteiger partial charge < -0.3 is 14.8 Å². The summed E-state index contributed by atoms with van der Waals surface area (Å²) < 4.78 is 10.5. The first-order valence-corrected chi connectivity index (χ1v) is 8.93. The summed E-state index contributed by atoms with van der Waals surface area (Å²) in [5.74, 6) is 0.0414. The van der Waals surface area contributed by atoms with E-state index in [1.807, 2.05) is 19.1 Å². The van der Waals surface area contributed by atoms with Gasteiger partial charge in [-0.15, -0.1) is 10.2 Å². The summed E-state index contributed by atoms with van der Waals surface area (Å²) in [7, 11) is 1.42. The molecule has 0 spiro atoms. The van der Waals surface area contributed by atoms with E-state index in [4.69, 9.17) is 9.47 Å². The number of hydrogen-bond donors (Lipinski definition) is 1. The molecular formula is C18H16N4O5S. The van der Waals surface area contributed by atoms with Crippen molar-refractivity contribution in [1.82, 2.24) is 10.2 Å². The van der Waals surface area contributed by atoms with Crippen LogP contribution in [0, 0.1) is 17.0 Å². The van der Waals surface area contributed by atoms with Crippen molar-refractivity contribution in [3.63, 3.8) is 0 Å². The molecule has 3 rings (SSSR count). The topological polar surface area (TPSA) is 116 Å². The maximum absolute atomic E-state index is 12.3. The molecule has 0 aliphatic carbocycles. The average molecular weight is 400 g/mol. The minimum atomic E-state index is -0.557. The van der Waals surface area contributed by atoms with Crippen LogP contribution in [0.15, 0.2) is 42.5 Å². The molecule has 0 aliphatic heterocycles. The summed E-state index contributed by atoms with van der Waals surface area (Å²) >= 11 is 1.05. The number of anilines is 1. The highest BCUT2D eigenvalue weighted by Gasteiger charge is 2.18. The van der Waals surface area contributed by atoms with Crippen LogP contribution in [-0.2, 0) is 6.61 Å². The molecule has 10 heteroatoms. The van der Waals surface area contributed by atoms with Gasteiger partial charge in [0.05, 0.1) is 18.1 Å². The summed E-state index contributed by atoms with van der Waals surface area (Å²) in [5.41, 5.74) is 1.51. The lowest BCUT2D eigenvalue weighted by Crippen LogP contribution is -2.11. The first-order chi connectivity index (χ1) is 13.5. The number of aryl methyl sites for hydroxylation is 1. The van der Waals surface area contributed by atoms with Crippen molar-refractivity contribution in [3.05, 3.63) is 68.2 Å². The van der Waals surface area contributed by atoms with Crippen molar-refractivity contribution >= 4 is 28.6 Å². The van der Waals surface area contributed by atoms with E-state index in [0.717, 1.165) is 16.9 Å². The average Bonchev–Trinajstić information content (AvgIpc) is 3.17. The van der Waals surface area contributed by atoms with Crippen molar-refractivity contribution < 1.29 is 19.2 Å². The smallest absolute Gasteiger partial charge is 0.314 e. The van der Waals surface area contributed by atoms with Gasteiger partial charge in [-0.05, 0) is 31.2 Å². The van der Waals surface area contributed by atoms with Crippen LogP contribution in [0.4, 0.5) is 11.4 Å². The molecule has 0 saturated heterocycles. The van der Waals surface area contributed by atoms with Gasteiger partial charge in [0.2, 0.25) is 5.01 Å².